The Morgan fingerprint density at radius 2 is 1.58 bits per heavy atom. The topological polar surface area (TPSA) is 0 Å². The third kappa shape index (κ3) is 3.16. The number of benzene rings is 2. The Balaban J connectivity index is 2.09. The largest absolute Gasteiger partial charge is 0.145 e. The number of hydrogen-bond donors (Lipinski definition) is 0. The molecule has 2 aromatic rings. The average Bonchev–Trinajstić information content (AvgIpc) is 2.86. The fourth-order valence-electron chi connectivity index (χ4n) is 3.95. The minimum Gasteiger partial charge on any atom is -0.145 e. The first-order valence-corrected chi connectivity index (χ1v) is 10.6. The Morgan fingerprint density at radius 1 is 0.833 bits per heavy atom. The molecule has 0 saturated heterocycles. The monoisotopic (exact) mass is 338 g/mol. The minimum absolute atomic E-state index is 0.169. The van der Waals surface area contributed by atoms with Crippen molar-refractivity contribution in [1.82, 2.24) is 0 Å². The van der Waals surface area contributed by atoms with Gasteiger partial charge in [0.25, 0.3) is 0 Å². The Hall–Kier alpha value is -1.21. The molecule has 1 aliphatic rings. The van der Waals surface area contributed by atoms with Crippen LogP contribution >= 0.6 is 11.8 Å². The third-order valence-corrected chi connectivity index (χ3v) is 6.87. The molecule has 3 rings (SSSR count). The molecule has 0 spiro atoms. The van der Waals surface area contributed by atoms with Crippen LogP contribution in [0.4, 0.5) is 0 Å². The number of aryl methyl sites for hydroxylation is 1. The van der Waals surface area contributed by atoms with E-state index in [0.29, 0.717) is 0 Å². The van der Waals surface area contributed by atoms with E-state index in [9.17, 15) is 0 Å². The smallest absolute Gasteiger partial charge is 0.0669 e. The molecule has 0 aliphatic heterocycles. The summed E-state index contributed by atoms with van der Waals surface area (Å²) in [5.74, 6) is 1.25. The molecular formula is C23H30S. The van der Waals surface area contributed by atoms with Crippen LogP contribution in [0.3, 0.4) is 0 Å². The molecule has 0 heterocycles. The van der Waals surface area contributed by atoms with E-state index in [4.69, 9.17) is 0 Å². The highest BCUT2D eigenvalue weighted by Gasteiger charge is 2.42. The van der Waals surface area contributed by atoms with Gasteiger partial charge in [0.15, 0.2) is 0 Å². The molecule has 0 aromatic heterocycles. The molecule has 0 N–H and O–H groups in total. The molecule has 0 saturated carbocycles. The van der Waals surface area contributed by atoms with Crippen molar-refractivity contribution in [3.63, 3.8) is 0 Å². The zero-order valence-corrected chi connectivity index (χ0v) is 16.2. The second kappa shape index (κ2) is 7.78. The van der Waals surface area contributed by atoms with Crippen LogP contribution in [0.2, 0.25) is 0 Å². The maximum Gasteiger partial charge on any atom is 0.0669 e. The van der Waals surface area contributed by atoms with Gasteiger partial charge < -0.3 is 0 Å². The van der Waals surface area contributed by atoms with Gasteiger partial charge in [-0.1, -0.05) is 87.6 Å². The van der Waals surface area contributed by atoms with Crippen molar-refractivity contribution in [2.45, 2.75) is 64.0 Å². The molecule has 0 fully saturated rings. The van der Waals surface area contributed by atoms with Crippen LogP contribution < -0.4 is 0 Å². The second-order valence-corrected chi connectivity index (χ2v) is 8.47. The Morgan fingerprint density at radius 3 is 2.38 bits per heavy atom. The SMILES string of the molecule is CCCCCC1(SCCCC)c2ccccc2-c2ccc(C)cc21. The summed E-state index contributed by atoms with van der Waals surface area (Å²) in [6.45, 7) is 6.83. The Kier molecular flexibility index (Phi) is 5.71. The highest BCUT2D eigenvalue weighted by molar-refractivity contribution is 8.00. The fraction of sp³-hybridized carbons (Fsp3) is 0.478. The van der Waals surface area contributed by atoms with Crippen LogP contribution in [0.25, 0.3) is 11.1 Å². The van der Waals surface area contributed by atoms with E-state index in [1.807, 2.05) is 0 Å². The molecule has 2 aromatic carbocycles. The van der Waals surface area contributed by atoms with Crippen LogP contribution in [0.1, 0.15) is 69.1 Å². The Bertz CT molecular complexity index is 676. The highest BCUT2D eigenvalue weighted by atomic mass is 32.2. The molecule has 128 valence electrons. The molecule has 0 amide bonds. The third-order valence-electron chi connectivity index (χ3n) is 5.24. The van der Waals surface area contributed by atoms with Crippen molar-refractivity contribution in [2.75, 3.05) is 5.75 Å². The molecule has 24 heavy (non-hydrogen) atoms. The van der Waals surface area contributed by atoms with Crippen molar-refractivity contribution in [2.24, 2.45) is 0 Å². The molecule has 1 atom stereocenters. The molecule has 0 radical (unpaired) electrons. The normalized spacial score (nSPS) is 18.5. The number of thioether (sulfide) groups is 1. The van der Waals surface area contributed by atoms with Gasteiger partial charge in [-0.25, -0.2) is 0 Å². The van der Waals surface area contributed by atoms with Gasteiger partial charge in [-0.05, 0) is 47.8 Å². The lowest BCUT2D eigenvalue weighted by molar-refractivity contribution is 0.592. The van der Waals surface area contributed by atoms with E-state index >= 15 is 0 Å². The first-order valence-electron chi connectivity index (χ1n) is 9.58. The first kappa shape index (κ1) is 17.6. The summed E-state index contributed by atoms with van der Waals surface area (Å²) < 4.78 is 0.169. The van der Waals surface area contributed by atoms with Gasteiger partial charge in [-0.2, -0.15) is 0 Å². The van der Waals surface area contributed by atoms with E-state index in [2.05, 4.69) is 75.0 Å². The summed E-state index contributed by atoms with van der Waals surface area (Å²) in [5, 5.41) is 0. The maximum absolute atomic E-state index is 2.46. The van der Waals surface area contributed by atoms with Crippen molar-refractivity contribution in [3.05, 3.63) is 59.2 Å². The van der Waals surface area contributed by atoms with E-state index in [1.165, 1.54) is 61.0 Å². The van der Waals surface area contributed by atoms with Crippen LogP contribution in [-0.2, 0) is 4.75 Å². The predicted octanol–water partition coefficient (Wildman–Crippen LogP) is 7.33. The molecule has 0 bridgehead atoms. The number of hydrogen-bond acceptors (Lipinski definition) is 1. The minimum atomic E-state index is 0.169. The van der Waals surface area contributed by atoms with Crippen LogP contribution in [-0.4, -0.2) is 5.75 Å². The Labute approximate surface area is 152 Å². The van der Waals surface area contributed by atoms with Crippen molar-refractivity contribution in [3.8, 4) is 11.1 Å². The van der Waals surface area contributed by atoms with Crippen LogP contribution in [0.15, 0.2) is 42.5 Å². The van der Waals surface area contributed by atoms with Gasteiger partial charge in [0.05, 0.1) is 4.75 Å². The summed E-state index contributed by atoms with van der Waals surface area (Å²) in [4.78, 5) is 0. The number of rotatable bonds is 8. The van der Waals surface area contributed by atoms with Gasteiger partial charge in [0.2, 0.25) is 0 Å². The predicted molar refractivity (Wildman–Crippen MR) is 109 cm³/mol. The summed E-state index contributed by atoms with van der Waals surface area (Å²) >= 11 is 2.20. The van der Waals surface area contributed by atoms with Gasteiger partial charge in [-0.15, -0.1) is 11.8 Å². The van der Waals surface area contributed by atoms with E-state index in [1.54, 1.807) is 11.1 Å². The summed E-state index contributed by atoms with van der Waals surface area (Å²) in [6.07, 6.45) is 7.79. The number of unbranched alkanes of at least 4 members (excludes halogenated alkanes) is 3. The quantitative estimate of drug-likeness (QED) is 0.454. The lowest BCUT2D eigenvalue weighted by Gasteiger charge is -2.32. The van der Waals surface area contributed by atoms with Crippen molar-refractivity contribution >= 4 is 11.8 Å². The summed E-state index contributed by atoms with van der Waals surface area (Å²) in [5.41, 5.74) is 7.45. The molecule has 1 aliphatic carbocycles. The zero-order valence-electron chi connectivity index (χ0n) is 15.4. The fourth-order valence-corrected chi connectivity index (χ4v) is 5.68. The van der Waals surface area contributed by atoms with Crippen LogP contribution in [0, 0.1) is 6.92 Å². The molecular weight excluding hydrogens is 308 g/mol. The van der Waals surface area contributed by atoms with Gasteiger partial charge in [-0.3, -0.25) is 0 Å². The van der Waals surface area contributed by atoms with Gasteiger partial charge in [0.1, 0.15) is 0 Å². The summed E-state index contributed by atoms with van der Waals surface area (Å²) in [7, 11) is 0. The van der Waals surface area contributed by atoms with E-state index < -0.39 is 0 Å². The van der Waals surface area contributed by atoms with Gasteiger partial charge >= 0.3 is 0 Å². The van der Waals surface area contributed by atoms with Crippen molar-refractivity contribution < 1.29 is 0 Å². The standard InChI is InChI=1S/C23H30S/c1-4-6-10-15-23(24-16-7-5-2)21-12-9-8-11-19(21)20-14-13-18(3)17-22(20)23/h8-9,11-14,17H,4-7,10,15-16H2,1-3H3. The molecule has 1 heteroatoms. The maximum atomic E-state index is 2.46. The first-order chi connectivity index (χ1) is 11.7. The summed E-state index contributed by atoms with van der Waals surface area (Å²) in [6, 6.07) is 16.2. The molecule has 1 unspecified atom stereocenters. The molecule has 0 nitrogen and oxygen atoms in total. The van der Waals surface area contributed by atoms with E-state index in [-0.39, 0.29) is 4.75 Å². The van der Waals surface area contributed by atoms with E-state index in [0.717, 1.165) is 0 Å². The zero-order chi connectivity index (χ0) is 17.0. The average molecular weight is 339 g/mol. The van der Waals surface area contributed by atoms with Gasteiger partial charge in [0, 0.05) is 0 Å². The second-order valence-electron chi connectivity index (χ2n) is 7.08. The lowest BCUT2D eigenvalue weighted by Crippen LogP contribution is -2.22. The van der Waals surface area contributed by atoms with Crippen molar-refractivity contribution in [1.29, 1.82) is 0 Å². The lowest BCUT2D eigenvalue weighted by atomic mass is 9.89. The number of fused-ring (bicyclic) bond motifs is 3. The van der Waals surface area contributed by atoms with Crippen LogP contribution in [0.5, 0.6) is 0 Å². The highest BCUT2D eigenvalue weighted by Crippen LogP contribution is 2.57.